The van der Waals surface area contributed by atoms with Gasteiger partial charge in [0.25, 0.3) is 5.89 Å². The van der Waals surface area contributed by atoms with Crippen LogP contribution in [0.4, 0.5) is 13.2 Å². The minimum Gasteiger partial charge on any atom is -0.415 e. The summed E-state index contributed by atoms with van der Waals surface area (Å²) in [6, 6.07) is 7.59. The van der Waals surface area contributed by atoms with Crippen LogP contribution in [0.5, 0.6) is 0 Å². The summed E-state index contributed by atoms with van der Waals surface area (Å²) in [5.41, 5.74) is 1.88. The van der Waals surface area contributed by atoms with Gasteiger partial charge in [-0.1, -0.05) is 0 Å². The summed E-state index contributed by atoms with van der Waals surface area (Å²) < 4.78 is 47.5. The van der Waals surface area contributed by atoms with Gasteiger partial charge in [0.2, 0.25) is 5.89 Å². The number of halogens is 3. The molecule has 0 unspecified atom stereocenters. The van der Waals surface area contributed by atoms with Crippen LogP contribution in [0.1, 0.15) is 30.9 Å². The molecule has 33 heavy (non-hydrogen) atoms. The number of alkyl halides is 2. The predicted molar refractivity (Wildman–Crippen MR) is 113 cm³/mol. The molecule has 8 nitrogen and oxygen atoms in total. The first-order valence-electron chi connectivity index (χ1n) is 10.7. The third-order valence-electron chi connectivity index (χ3n) is 5.90. The average Bonchev–Trinajstić information content (AvgIpc) is 3.41. The molecule has 0 atom stereocenters. The molecule has 4 aromatic rings. The number of imidazole rings is 1. The molecule has 1 saturated heterocycles. The molecule has 1 fully saturated rings. The Kier molecular flexibility index (Phi) is 5.71. The van der Waals surface area contributed by atoms with Crippen molar-refractivity contribution in [3.05, 3.63) is 64.4 Å². The monoisotopic (exact) mass is 458 g/mol. The Balaban J connectivity index is 1.45. The molecule has 1 aliphatic rings. The van der Waals surface area contributed by atoms with Crippen LogP contribution in [-0.4, -0.2) is 37.4 Å². The zero-order valence-corrected chi connectivity index (χ0v) is 17.5. The van der Waals surface area contributed by atoms with Crippen LogP contribution in [0.2, 0.25) is 0 Å². The van der Waals surface area contributed by atoms with Crippen LogP contribution in [-0.2, 0) is 13.1 Å². The second kappa shape index (κ2) is 8.81. The van der Waals surface area contributed by atoms with E-state index in [9.17, 15) is 18.0 Å². The first kappa shape index (κ1) is 21.4. The first-order chi connectivity index (χ1) is 16.0. The summed E-state index contributed by atoms with van der Waals surface area (Å²) in [4.78, 5) is 17.6. The molecule has 0 spiro atoms. The maximum absolute atomic E-state index is 14.0. The molecule has 1 N–H and O–H groups in total. The number of rotatable bonds is 6. The lowest BCUT2D eigenvalue weighted by Gasteiger charge is -2.22. The number of nitrogens with one attached hydrogen (secondary N) is 1. The minimum absolute atomic E-state index is 0.0674. The van der Waals surface area contributed by atoms with Gasteiger partial charge in [-0.25, -0.2) is 9.18 Å². The predicted octanol–water partition coefficient (Wildman–Crippen LogP) is 3.37. The van der Waals surface area contributed by atoms with Crippen LogP contribution in [0.25, 0.3) is 22.5 Å². The van der Waals surface area contributed by atoms with Crippen molar-refractivity contribution in [2.45, 2.75) is 32.4 Å². The standard InChI is InChI=1S/C22H21F3N6O2/c23-15-2-4-17-18(9-15)31(22(32)30(17)11-13-5-7-26-8-6-13)12-16-3-1-14(10-27-16)20-28-29-21(33-20)19(24)25/h1-4,9-10,13,19,26H,5-8,11-12H2. The van der Waals surface area contributed by atoms with Crippen molar-refractivity contribution >= 4 is 11.0 Å². The summed E-state index contributed by atoms with van der Waals surface area (Å²) in [6.45, 7) is 2.54. The van der Waals surface area contributed by atoms with Gasteiger partial charge in [-0.2, -0.15) is 8.78 Å². The summed E-state index contributed by atoms with van der Waals surface area (Å²) in [5.74, 6) is -0.880. The molecule has 1 aliphatic heterocycles. The van der Waals surface area contributed by atoms with Crippen molar-refractivity contribution in [2.24, 2.45) is 5.92 Å². The highest BCUT2D eigenvalue weighted by Gasteiger charge is 2.20. The summed E-state index contributed by atoms with van der Waals surface area (Å²) in [5, 5.41) is 10.2. The Morgan fingerprint density at radius 1 is 1.09 bits per heavy atom. The topological polar surface area (TPSA) is 90.8 Å². The molecule has 3 aromatic heterocycles. The number of hydrogen-bond donors (Lipinski definition) is 1. The average molecular weight is 458 g/mol. The number of piperidine rings is 1. The highest BCUT2D eigenvalue weighted by molar-refractivity contribution is 5.76. The third-order valence-corrected chi connectivity index (χ3v) is 5.90. The second-order valence-electron chi connectivity index (χ2n) is 8.09. The number of nitrogens with zero attached hydrogens (tertiary/aromatic N) is 5. The molecular weight excluding hydrogens is 437 g/mol. The largest absolute Gasteiger partial charge is 0.415 e. The van der Waals surface area contributed by atoms with Crippen molar-refractivity contribution in [1.82, 2.24) is 29.6 Å². The van der Waals surface area contributed by atoms with Gasteiger partial charge in [-0.05, 0) is 62.2 Å². The Hall–Kier alpha value is -3.47. The van der Waals surface area contributed by atoms with E-state index in [1.165, 1.54) is 22.9 Å². The lowest BCUT2D eigenvalue weighted by atomic mass is 9.98. The fraction of sp³-hybridized carbons (Fsp3) is 0.364. The number of aromatic nitrogens is 5. The Labute approximate surface area is 186 Å². The van der Waals surface area contributed by atoms with Gasteiger partial charge in [0.1, 0.15) is 5.82 Å². The van der Waals surface area contributed by atoms with Gasteiger partial charge in [0.05, 0.1) is 28.8 Å². The highest BCUT2D eigenvalue weighted by Crippen LogP contribution is 2.24. The molecule has 0 amide bonds. The van der Waals surface area contributed by atoms with Crippen molar-refractivity contribution < 1.29 is 17.6 Å². The van der Waals surface area contributed by atoms with E-state index >= 15 is 0 Å². The van der Waals surface area contributed by atoms with Crippen molar-refractivity contribution in [2.75, 3.05) is 13.1 Å². The molecule has 0 radical (unpaired) electrons. The smallest absolute Gasteiger partial charge is 0.329 e. The molecule has 5 rings (SSSR count). The summed E-state index contributed by atoms with van der Waals surface area (Å²) in [6.07, 6.45) is 0.518. The zero-order valence-electron chi connectivity index (χ0n) is 17.5. The Morgan fingerprint density at radius 3 is 2.61 bits per heavy atom. The second-order valence-corrected chi connectivity index (χ2v) is 8.09. The first-order valence-corrected chi connectivity index (χ1v) is 10.7. The van der Waals surface area contributed by atoms with Crippen molar-refractivity contribution in [1.29, 1.82) is 0 Å². The molecular formula is C22H21F3N6O2. The van der Waals surface area contributed by atoms with Crippen molar-refractivity contribution in [3.8, 4) is 11.5 Å². The Bertz CT molecular complexity index is 1320. The SMILES string of the molecule is O=c1n(Cc2ccc(-c3nnc(C(F)F)o3)cn2)c2cc(F)ccc2n1CC1CCNCC1. The van der Waals surface area contributed by atoms with Crippen LogP contribution >= 0.6 is 0 Å². The van der Waals surface area contributed by atoms with Gasteiger partial charge in [0, 0.05) is 12.7 Å². The van der Waals surface area contributed by atoms with Crippen LogP contribution < -0.4 is 11.0 Å². The summed E-state index contributed by atoms with van der Waals surface area (Å²) >= 11 is 0. The Morgan fingerprint density at radius 2 is 1.91 bits per heavy atom. The molecule has 1 aromatic carbocycles. The fourth-order valence-corrected chi connectivity index (χ4v) is 4.19. The van der Waals surface area contributed by atoms with Gasteiger partial charge in [-0.15, -0.1) is 10.2 Å². The van der Waals surface area contributed by atoms with E-state index in [2.05, 4.69) is 20.5 Å². The lowest BCUT2D eigenvalue weighted by Crippen LogP contribution is -2.33. The molecule has 0 bridgehead atoms. The van der Waals surface area contributed by atoms with Gasteiger partial charge >= 0.3 is 12.1 Å². The van der Waals surface area contributed by atoms with E-state index in [1.807, 2.05) is 0 Å². The van der Waals surface area contributed by atoms with Crippen LogP contribution in [0, 0.1) is 11.7 Å². The fourth-order valence-electron chi connectivity index (χ4n) is 4.19. The zero-order chi connectivity index (χ0) is 22.9. The van der Waals surface area contributed by atoms with E-state index in [1.54, 1.807) is 22.8 Å². The van der Waals surface area contributed by atoms with E-state index < -0.39 is 18.1 Å². The number of pyridine rings is 1. The lowest BCUT2D eigenvalue weighted by molar-refractivity contribution is 0.116. The van der Waals surface area contributed by atoms with Gasteiger partial charge in [-0.3, -0.25) is 14.1 Å². The maximum Gasteiger partial charge on any atom is 0.329 e. The van der Waals surface area contributed by atoms with E-state index in [0.717, 1.165) is 25.9 Å². The van der Waals surface area contributed by atoms with Crippen molar-refractivity contribution in [3.63, 3.8) is 0 Å². The normalized spacial score (nSPS) is 15.0. The van der Waals surface area contributed by atoms with Crippen LogP contribution in [0.3, 0.4) is 0 Å². The molecule has 0 aliphatic carbocycles. The maximum atomic E-state index is 14.0. The van der Waals surface area contributed by atoms with Gasteiger partial charge < -0.3 is 9.73 Å². The molecule has 172 valence electrons. The quantitative estimate of drug-likeness (QED) is 0.477. The molecule has 11 heteroatoms. The third kappa shape index (κ3) is 4.28. The number of fused-ring (bicyclic) bond motifs is 1. The number of benzene rings is 1. The molecule has 0 saturated carbocycles. The van der Waals surface area contributed by atoms with E-state index in [0.29, 0.717) is 34.8 Å². The summed E-state index contributed by atoms with van der Waals surface area (Å²) in [7, 11) is 0. The van der Waals surface area contributed by atoms with Gasteiger partial charge in [0.15, 0.2) is 0 Å². The minimum atomic E-state index is -2.85. The van der Waals surface area contributed by atoms with E-state index in [4.69, 9.17) is 4.42 Å². The van der Waals surface area contributed by atoms with E-state index in [-0.39, 0.29) is 18.1 Å². The number of hydrogen-bond acceptors (Lipinski definition) is 6. The van der Waals surface area contributed by atoms with Crippen LogP contribution in [0.15, 0.2) is 45.7 Å². The molecule has 4 heterocycles. The highest BCUT2D eigenvalue weighted by atomic mass is 19.3.